The van der Waals surface area contributed by atoms with Crippen LogP contribution < -0.4 is 11.1 Å². The maximum Gasteiger partial charge on any atom is 0.121 e. The molecular weight excluding hydrogens is 212 g/mol. The van der Waals surface area contributed by atoms with Gasteiger partial charge in [0.05, 0.1) is 0 Å². The number of hydrogen-bond donors (Lipinski definition) is 3. The molecule has 4 N–H and O–H groups in total. The molecule has 1 aromatic carbocycles. The van der Waals surface area contributed by atoms with Crippen LogP contribution in [0.1, 0.15) is 25.8 Å². The summed E-state index contributed by atoms with van der Waals surface area (Å²) in [5.74, 6) is 0.509. The van der Waals surface area contributed by atoms with Gasteiger partial charge in [-0.05, 0) is 18.0 Å². The zero-order valence-electron chi connectivity index (χ0n) is 10.8. The van der Waals surface area contributed by atoms with Crippen molar-refractivity contribution in [3.63, 3.8) is 0 Å². The van der Waals surface area contributed by atoms with Crippen LogP contribution in [0.25, 0.3) is 0 Å². The quantitative estimate of drug-likeness (QED) is 0.629. The third kappa shape index (κ3) is 5.31. The lowest BCUT2D eigenvalue weighted by Gasteiger charge is -2.30. The van der Waals surface area contributed by atoms with Crippen LogP contribution in [0.5, 0.6) is 0 Å². The van der Waals surface area contributed by atoms with E-state index in [9.17, 15) is 5.11 Å². The van der Waals surface area contributed by atoms with Crippen molar-refractivity contribution in [1.82, 2.24) is 5.32 Å². The van der Waals surface area contributed by atoms with Crippen molar-refractivity contribution in [2.75, 3.05) is 13.1 Å². The summed E-state index contributed by atoms with van der Waals surface area (Å²) in [5, 5.41) is 13.7. The first kappa shape index (κ1) is 14.2. The smallest absolute Gasteiger partial charge is 0.121 e. The molecule has 0 unspecified atom stereocenters. The van der Waals surface area contributed by atoms with E-state index < -0.39 is 5.72 Å². The van der Waals surface area contributed by atoms with Crippen LogP contribution in [0.15, 0.2) is 30.3 Å². The van der Waals surface area contributed by atoms with Gasteiger partial charge in [0.25, 0.3) is 0 Å². The molecule has 17 heavy (non-hydrogen) atoms. The Kier molecular flexibility index (Phi) is 5.62. The van der Waals surface area contributed by atoms with E-state index in [1.165, 1.54) is 0 Å². The van der Waals surface area contributed by atoms with Gasteiger partial charge in [-0.25, -0.2) is 0 Å². The Hall–Kier alpha value is -0.900. The second kappa shape index (κ2) is 6.74. The van der Waals surface area contributed by atoms with Crippen molar-refractivity contribution in [3.8, 4) is 0 Å². The van der Waals surface area contributed by atoms with E-state index in [1.54, 1.807) is 0 Å². The van der Waals surface area contributed by atoms with Crippen molar-refractivity contribution in [1.29, 1.82) is 0 Å². The highest BCUT2D eigenvalue weighted by molar-refractivity contribution is 5.16. The molecule has 1 aromatic rings. The molecule has 0 aliphatic heterocycles. The Morgan fingerprint density at radius 1 is 1.29 bits per heavy atom. The molecule has 0 aliphatic carbocycles. The average molecular weight is 236 g/mol. The fraction of sp³-hybridized carbons (Fsp3) is 0.571. The summed E-state index contributed by atoms with van der Waals surface area (Å²) in [6.45, 7) is 5.52. The predicted octanol–water partition coefficient (Wildman–Crippen LogP) is 1.51. The van der Waals surface area contributed by atoms with E-state index in [4.69, 9.17) is 5.73 Å². The van der Waals surface area contributed by atoms with Crippen molar-refractivity contribution in [3.05, 3.63) is 35.9 Å². The van der Waals surface area contributed by atoms with Gasteiger partial charge in [0.15, 0.2) is 0 Å². The Labute approximate surface area is 104 Å². The Balaban J connectivity index is 2.63. The minimum atomic E-state index is -0.889. The van der Waals surface area contributed by atoms with E-state index in [0.29, 0.717) is 25.3 Å². The third-order valence-electron chi connectivity index (χ3n) is 2.74. The fourth-order valence-corrected chi connectivity index (χ4v) is 1.81. The number of rotatable bonds is 7. The normalized spacial score (nSPS) is 14.9. The van der Waals surface area contributed by atoms with E-state index in [1.807, 2.05) is 30.3 Å². The number of nitrogens with one attached hydrogen (secondary N) is 1. The molecule has 0 saturated carbocycles. The summed E-state index contributed by atoms with van der Waals surface area (Å²) in [5.41, 5.74) is 5.81. The second-order valence-electron chi connectivity index (χ2n) is 5.01. The number of benzene rings is 1. The Bertz CT molecular complexity index is 313. The molecule has 0 aromatic heterocycles. The van der Waals surface area contributed by atoms with E-state index in [2.05, 4.69) is 19.2 Å². The van der Waals surface area contributed by atoms with Crippen molar-refractivity contribution >= 4 is 0 Å². The summed E-state index contributed by atoms with van der Waals surface area (Å²) in [7, 11) is 0. The van der Waals surface area contributed by atoms with E-state index >= 15 is 0 Å². The first-order valence-corrected chi connectivity index (χ1v) is 6.27. The zero-order chi connectivity index (χ0) is 12.7. The van der Waals surface area contributed by atoms with E-state index in [-0.39, 0.29) is 0 Å². The molecule has 3 heteroatoms. The molecule has 0 aliphatic rings. The minimum absolute atomic E-state index is 0.481. The first-order valence-electron chi connectivity index (χ1n) is 6.27. The van der Waals surface area contributed by atoms with Gasteiger partial charge in [-0.1, -0.05) is 44.2 Å². The van der Waals surface area contributed by atoms with Gasteiger partial charge in [0.2, 0.25) is 0 Å². The summed E-state index contributed by atoms with van der Waals surface area (Å²) < 4.78 is 0. The van der Waals surface area contributed by atoms with Crippen LogP contribution in [0.3, 0.4) is 0 Å². The van der Waals surface area contributed by atoms with E-state index in [0.717, 1.165) is 12.1 Å². The highest BCUT2D eigenvalue weighted by Gasteiger charge is 2.25. The number of hydrogen-bond acceptors (Lipinski definition) is 3. The SMILES string of the molecule is CC(C)CN[C@@](O)(CCN)Cc1ccccc1. The first-order chi connectivity index (χ1) is 8.06. The van der Waals surface area contributed by atoms with Gasteiger partial charge in [-0.2, -0.15) is 0 Å². The molecule has 0 bridgehead atoms. The van der Waals surface area contributed by atoms with Gasteiger partial charge in [-0.3, -0.25) is 5.32 Å². The summed E-state index contributed by atoms with van der Waals surface area (Å²) in [6, 6.07) is 10.0. The molecule has 96 valence electrons. The standard InChI is InChI=1S/C14H24N2O/c1-12(2)11-16-14(17,8-9-15)10-13-6-4-3-5-7-13/h3-7,12,16-17H,8-11,15H2,1-2H3/t14-/m1/s1. The topological polar surface area (TPSA) is 58.3 Å². The van der Waals surface area contributed by atoms with Crippen LogP contribution in [0, 0.1) is 5.92 Å². The molecule has 0 amide bonds. The van der Waals surface area contributed by atoms with Crippen LogP contribution in [-0.4, -0.2) is 23.9 Å². The van der Waals surface area contributed by atoms with Crippen LogP contribution in [-0.2, 0) is 6.42 Å². The summed E-state index contributed by atoms with van der Waals surface area (Å²) >= 11 is 0. The van der Waals surface area contributed by atoms with Gasteiger partial charge in [-0.15, -0.1) is 0 Å². The largest absolute Gasteiger partial charge is 0.375 e. The predicted molar refractivity (Wildman–Crippen MR) is 71.6 cm³/mol. The van der Waals surface area contributed by atoms with Gasteiger partial charge >= 0.3 is 0 Å². The highest BCUT2D eigenvalue weighted by atomic mass is 16.3. The maximum absolute atomic E-state index is 10.5. The lowest BCUT2D eigenvalue weighted by atomic mass is 9.98. The third-order valence-corrected chi connectivity index (χ3v) is 2.74. The zero-order valence-corrected chi connectivity index (χ0v) is 10.8. The van der Waals surface area contributed by atoms with Crippen molar-refractivity contribution in [2.24, 2.45) is 11.7 Å². The molecule has 0 spiro atoms. The maximum atomic E-state index is 10.5. The van der Waals surface area contributed by atoms with Crippen molar-refractivity contribution < 1.29 is 5.11 Å². The fourth-order valence-electron chi connectivity index (χ4n) is 1.81. The van der Waals surface area contributed by atoms with Crippen LogP contribution >= 0.6 is 0 Å². The van der Waals surface area contributed by atoms with Gasteiger partial charge in [0, 0.05) is 19.4 Å². The Morgan fingerprint density at radius 3 is 2.47 bits per heavy atom. The second-order valence-corrected chi connectivity index (χ2v) is 5.01. The molecule has 0 saturated heterocycles. The lowest BCUT2D eigenvalue weighted by Crippen LogP contribution is -2.49. The minimum Gasteiger partial charge on any atom is -0.375 e. The van der Waals surface area contributed by atoms with Crippen LogP contribution in [0.4, 0.5) is 0 Å². The van der Waals surface area contributed by atoms with Gasteiger partial charge in [0.1, 0.15) is 5.72 Å². The lowest BCUT2D eigenvalue weighted by molar-refractivity contribution is -0.00283. The molecule has 0 heterocycles. The van der Waals surface area contributed by atoms with Crippen LogP contribution in [0.2, 0.25) is 0 Å². The number of aliphatic hydroxyl groups is 1. The molecule has 0 fully saturated rings. The monoisotopic (exact) mass is 236 g/mol. The van der Waals surface area contributed by atoms with Crippen molar-refractivity contribution in [2.45, 2.75) is 32.4 Å². The van der Waals surface area contributed by atoms with Gasteiger partial charge < -0.3 is 10.8 Å². The molecular formula is C14H24N2O. The molecule has 1 rings (SSSR count). The number of nitrogens with two attached hydrogens (primary N) is 1. The highest BCUT2D eigenvalue weighted by Crippen LogP contribution is 2.14. The summed E-state index contributed by atoms with van der Waals surface area (Å²) in [6.07, 6.45) is 1.16. The molecule has 3 nitrogen and oxygen atoms in total. The molecule has 1 atom stereocenters. The summed E-state index contributed by atoms with van der Waals surface area (Å²) in [4.78, 5) is 0. The Morgan fingerprint density at radius 2 is 1.94 bits per heavy atom. The average Bonchev–Trinajstić information content (AvgIpc) is 2.28. The molecule has 0 radical (unpaired) electrons.